The molecule has 0 N–H and O–H groups in total. The van der Waals surface area contributed by atoms with E-state index < -0.39 is 11.7 Å². The predicted octanol–water partition coefficient (Wildman–Crippen LogP) is 8.14. The van der Waals surface area contributed by atoms with Crippen LogP contribution in [0.1, 0.15) is 41.5 Å². The van der Waals surface area contributed by atoms with Crippen molar-refractivity contribution >= 4 is 34.5 Å². The lowest BCUT2D eigenvalue weighted by atomic mass is 10.1. The first-order valence-corrected chi connectivity index (χ1v) is 11.2. The van der Waals surface area contributed by atoms with E-state index in [4.69, 9.17) is 27.9 Å². The average molecular weight is 474 g/mol. The number of hydrogen-bond donors (Lipinski definition) is 0. The fraction of sp³-hybridized carbons (Fsp3) is 0.318. The third-order valence-electron chi connectivity index (χ3n) is 4.54. The van der Waals surface area contributed by atoms with Crippen LogP contribution in [0.2, 0.25) is 5.02 Å². The molecule has 3 aromatic rings. The number of alkyl halides is 4. The van der Waals surface area contributed by atoms with Gasteiger partial charge in [0.05, 0.1) is 16.1 Å². The van der Waals surface area contributed by atoms with Gasteiger partial charge in [0, 0.05) is 16.5 Å². The summed E-state index contributed by atoms with van der Waals surface area (Å²) in [6.07, 6.45) is -1.58. The fourth-order valence-corrected chi connectivity index (χ4v) is 4.40. The molecule has 1 aromatic heterocycles. The molecule has 0 saturated carbocycles. The molecule has 1 heterocycles. The van der Waals surface area contributed by atoms with Gasteiger partial charge in [-0.3, -0.25) is 0 Å². The minimum Gasteiger partial charge on any atom is -0.488 e. The van der Waals surface area contributed by atoms with Gasteiger partial charge in [-0.15, -0.1) is 22.9 Å². The van der Waals surface area contributed by atoms with E-state index in [-0.39, 0.29) is 0 Å². The summed E-state index contributed by atoms with van der Waals surface area (Å²) in [6, 6.07) is 10.4. The van der Waals surface area contributed by atoms with Crippen LogP contribution in [0, 0.1) is 0 Å². The number of nitrogens with zero attached hydrogens (tertiary/aromatic N) is 1. The number of hydrogen-bond acceptors (Lipinski definition) is 3. The molecule has 0 aliphatic rings. The van der Waals surface area contributed by atoms with Crippen molar-refractivity contribution in [3.8, 4) is 16.3 Å². The number of halogens is 5. The van der Waals surface area contributed by atoms with Gasteiger partial charge >= 0.3 is 6.18 Å². The summed E-state index contributed by atoms with van der Waals surface area (Å²) in [5.74, 6) is 0.950. The van der Waals surface area contributed by atoms with Crippen molar-refractivity contribution in [3.05, 3.63) is 69.2 Å². The molecule has 0 atom stereocenters. The molecular weight excluding hydrogens is 454 g/mol. The monoisotopic (exact) mass is 473 g/mol. The number of thiazole rings is 1. The molecule has 0 radical (unpaired) electrons. The zero-order valence-corrected chi connectivity index (χ0v) is 18.6. The van der Waals surface area contributed by atoms with E-state index in [2.05, 4.69) is 11.9 Å². The molecule has 0 saturated heterocycles. The van der Waals surface area contributed by atoms with Crippen molar-refractivity contribution in [2.45, 2.75) is 44.8 Å². The van der Waals surface area contributed by atoms with Gasteiger partial charge in [-0.05, 0) is 42.7 Å². The van der Waals surface area contributed by atoms with Crippen LogP contribution >= 0.6 is 34.5 Å². The van der Waals surface area contributed by atoms with Crippen molar-refractivity contribution in [2.75, 3.05) is 0 Å². The van der Waals surface area contributed by atoms with E-state index in [0.717, 1.165) is 47.5 Å². The largest absolute Gasteiger partial charge is 0.488 e. The number of aryl methyl sites for hydroxylation is 1. The highest BCUT2D eigenvalue weighted by molar-refractivity contribution is 7.15. The fourth-order valence-electron chi connectivity index (χ4n) is 2.84. The van der Waals surface area contributed by atoms with Crippen molar-refractivity contribution in [3.63, 3.8) is 0 Å². The van der Waals surface area contributed by atoms with E-state index in [1.165, 1.54) is 23.5 Å². The second-order valence-corrected chi connectivity index (χ2v) is 8.50. The summed E-state index contributed by atoms with van der Waals surface area (Å²) in [6.45, 7) is 2.41. The molecule has 0 fully saturated rings. The number of aromatic nitrogens is 1. The van der Waals surface area contributed by atoms with Gasteiger partial charge in [-0.25, -0.2) is 4.98 Å². The summed E-state index contributed by atoms with van der Waals surface area (Å²) in [5, 5.41) is 1.23. The van der Waals surface area contributed by atoms with Gasteiger partial charge in [-0.1, -0.05) is 43.1 Å². The molecule has 0 spiro atoms. The lowest BCUT2D eigenvalue weighted by Crippen LogP contribution is -2.03. The lowest BCUT2D eigenvalue weighted by molar-refractivity contribution is -0.137. The molecule has 0 amide bonds. The molecule has 0 bridgehead atoms. The third-order valence-corrected chi connectivity index (χ3v) is 6.30. The highest BCUT2D eigenvalue weighted by Gasteiger charge is 2.30. The summed E-state index contributed by atoms with van der Waals surface area (Å²) < 4.78 is 44.4. The highest BCUT2D eigenvalue weighted by atomic mass is 35.5. The van der Waals surface area contributed by atoms with Crippen molar-refractivity contribution in [1.29, 1.82) is 0 Å². The maximum atomic E-state index is 12.8. The zero-order chi connectivity index (χ0) is 21.7. The van der Waals surface area contributed by atoms with Gasteiger partial charge in [0.2, 0.25) is 0 Å². The van der Waals surface area contributed by atoms with Gasteiger partial charge in [0.25, 0.3) is 0 Å². The van der Waals surface area contributed by atoms with E-state index in [0.29, 0.717) is 33.8 Å². The predicted molar refractivity (Wildman–Crippen MR) is 117 cm³/mol. The van der Waals surface area contributed by atoms with Crippen molar-refractivity contribution in [1.82, 2.24) is 4.98 Å². The first-order chi connectivity index (χ1) is 14.3. The van der Waals surface area contributed by atoms with Crippen LogP contribution in [0.3, 0.4) is 0 Å². The lowest BCUT2D eigenvalue weighted by Gasteiger charge is -2.08. The Bertz CT molecular complexity index is 987. The second-order valence-electron chi connectivity index (χ2n) is 6.74. The quantitative estimate of drug-likeness (QED) is 0.308. The number of rotatable bonds is 8. The van der Waals surface area contributed by atoms with Crippen LogP contribution in [0.15, 0.2) is 42.5 Å². The van der Waals surface area contributed by atoms with Crippen molar-refractivity contribution in [2.24, 2.45) is 0 Å². The Balaban J connectivity index is 1.81. The third kappa shape index (κ3) is 5.68. The summed E-state index contributed by atoms with van der Waals surface area (Å²) in [4.78, 5) is 5.64. The molecule has 0 aliphatic heterocycles. The van der Waals surface area contributed by atoms with Gasteiger partial charge < -0.3 is 4.74 Å². The zero-order valence-electron chi connectivity index (χ0n) is 16.2. The smallest absolute Gasteiger partial charge is 0.416 e. The molecule has 0 unspecified atom stereocenters. The minimum absolute atomic E-state index is 0.313. The average Bonchev–Trinajstić information content (AvgIpc) is 3.13. The number of ether oxygens (including phenoxy) is 1. The van der Waals surface area contributed by atoms with Crippen molar-refractivity contribution < 1.29 is 17.9 Å². The molecule has 30 heavy (non-hydrogen) atoms. The Labute approximate surface area is 187 Å². The molecule has 0 aliphatic carbocycles. The van der Waals surface area contributed by atoms with E-state index >= 15 is 0 Å². The Morgan fingerprint density at radius 3 is 2.43 bits per heavy atom. The minimum atomic E-state index is -4.35. The van der Waals surface area contributed by atoms with E-state index in [9.17, 15) is 13.2 Å². The normalized spacial score (nSPS) is 11.7. The molecule has 2 nitrogen and oxygen atoms in total. The standard InChI is InChI=1S/C22H20Cl2F3NOS/c1-2-3-4-19-20(13-29-17-10-7-15(12-23)18(24)11-17)30-21(28-19)14-5-8-16(9-6-14)22(25,26)27/h5-11H,2-4,12-13H2,1H3. The highest BCUT2D eigenvalue weighted by Crippen LogP contribution is 2.34. The summed E-state index contributed by atoms with van der Waals surface area (Å²) in [7, 11) is 0. The topological polar surface area (TPSA) is 22.1 Å². The van der Waals surface area contributed by atoms with Gasteiger partial charge in [0.15, 0.2) is 0 Å². The van der Waals surface area contributed by atoms with Crippen LogP contribution in [0.25, 0.3) is 10.6 Å². The van der Waals surface area contributed by atoms with E-state index in [1.807, 2.05) is 12.1 Å². The molecule has 3 rings (SSSR count). The molecular formula is C22H20Cl2F3NOS. The van der Waals surface area contributed by atoms with Crippen LogP contribution in [0.4, 0.5) is 13.2 Å². The van der Waals surface area contributed by atoms with Crippen LogP contribution in [-0.4, -0.2) is 4.98 Å². The molecule has 8 heteroatoms. The number of unbranched alkanes of at least 4 members (excludes halogenated alkanes) is 1. The Morgan fingerprint density at radius 1 is 1.10 bits per heavy atom. The van der Waals surface area contributed by atoms with Crippen LogP contribution < -0.4 is 4.74 Å². The van der Waals surface area contributed by atoms with Gasteiger partial charge in [-0.2, -0.15) is 13.2 Å². The summed E-state index contributed by atoms with van der Waals surface area (Å²) >= 11 is 13.4. The first-order valence-electron chi connectivity index (χ1n) is 9.45. The maximum absolute atomic E-state index is 12.8. The Morgan fingerprint density at radius 2 is 1.83 bits per heavy atom. The Kier molecular flexibility index (Phi) is 7.66. The molecule has 160 valence electrons. The second kappa shape index (κ2) is 10.0. The van der Waals surface area contributed by atoms with Crippen LogP contribution in [0.5, 0.6) is 5.75 Å². The number of benzene rings is 2. The van der Waals surface area contributed by atoms with E-state index in [1.54, 1.807) is 6.07 Å². The van der Waals surface area contributed by atoms with Gasteiger partial charge in [0.1, 0.15) is 17.4 Å². The summed E-state index contributed by atoms with van der Waals surface area (Å²) in [5.41, 5.74) is 1.73. The SMILES string of the molecule is CCCCc1nc(-c2ccc(C(F)(F)F)cc2)sc1COc1ccc(CCl)c(Cl)c1. The maximum Gasteiger partial charge on any atom is 0.416 e. The Hall–Kier alpha value is -1.76. The first kappa shape index (κ1) is 22.9. The van der Waals surface area contributed by atoms with Crippen LogP contribution in [-0.2, 0) is 25.1 Å². The molecule has 2 aromatic carbocycles.